The van der Waals surface area contributed by atoms with E-state index >= 15 is 0 Å². The van der Waals surface area contributed by atoms with E-state index in [0.717, 1.165) is 6.54 Å². The van der Waals surface area contributed by atoms with Gasteiger partial charge in [0.05, 0.1) is 0 Å². The van der Waals surface area contributed by atoms with Crippen molar-refractivity contribution in [2.75, 3.05) is 11.4 Å². The minimum Gasteiger partial charge on any atom is -0.345 e. The minimum absolute atomic E-state index is 0.547. The second-order valence-electron chi connectivity index (χ2n) is 7.85. The number of hydrogen-bond donors (Lipinski definition) is 0. The van der Waals surface area contributed by atoms with Crippen molar-refractivity contribution in [2.45, 2.75) is 52.5 Å². The van der Waals surface area contributed by atoms with E-state index < -0.39 is 0 Å². The highest BCUT2D eigenvalue weighted by atomic mass is 15.1. The normalized spacial score (nSPS) is 21.1. The first-order chi connectivity index (χ1) is 12.6. The van der Waals surface area contributed by atoms with Gasteiger partial charge in [-0.15, -0.1) is 0 Å². The van der Waals surface area contributed by atoms with Crippen molar-refractivity contribution < 1.29 is 4.58 Å². The summed E-state index contributed by atoms with van der Waals surface area (Å²) in [5.41, 5.74) is 8.41. The number of allylic oxidation sites excluding steroid dienone is 1. The molecule has 4 rings (SSSR count). The Labute approximate surface area is 157 Å². The number of nitrogens with zero attached hydrogens (tertiary/aromatic N) is 2. The van der Waals surface area contributed by atoms with Crippen molar-refractivity contribution in [3.05, 3.63) is 70.9 Å². The first-order valence-corrected chi connectivity index (χ1v) is 9.87. The lowest BCUT2D eigenvalue weighted by Gasteiger charge is -2.34. The molecule has 0 spiro atoms. The largest absolute Gasteiger partial charge is 0.345 e. The molecule has 1 atom stereocenters. The summed E-state index contributed by atoms with van der Waals surface area (Å²) in [7, 11) is 0. The Bertz CT molecular complexity index is 876. The molecule has 1 unspecified atom stereocenters. The van der Waals surface area contributed by atoms with Crippen LogP contribution < -0.4 is 4.90 Å². The molecule has 2 aliphatic heterocycles. The number of fused-ring (bicyclic) bond motifs is 2. The van der Waals surface area contributed by atoms with E-state index in [1.54, 1.807) is 0 Å². The fraction of sp³-hybridized carbons (Fsp3) is 0.375. The summed E-state index contributed by atoms with van der Waals surface area (Å²) in [6, 6.07) is 14.2. The topological polar surface area (TPSA) is 6.25 Å². The van der Waals surface area contributed by atoms with Gasteiger partial charge in [-0.1, -0.05) is 29.3 Å². The highest BCUT2D eigenvalue weighted by Crippen LogP contribution is 2.31. The second-order valence-corrected chi connectivity index (χ2v) is 7.85. The molecule has 0 fully saturated rings. The summed E-state index contributed by atoms with van der Waals surface area (Å²) < 4.78 is 2.40. The third-order valence-corrected chi connectivity index (χ3v) is 5.72. The van der Waals surface area contributed by atoms with Gasteiger partial charge in [0.2, 0.25) is 5.69 Å². The van der Waals surface area contributed by atoms with Crippen LogP contribution in [0.5, 0.6) is 0 Å². The molecule has 0 saturated heterocycles. The van der Waals surface area contributed by atoms with Gasteiger partial charge in [-0.05, 0) is 57.7 Å². The molecule has 0 saturated carbocycles. The van der Waals surface area contributed by atoms with Crippen molar-refractivity contribution >= 4 is 17.6 Å². The molecule has 2 heterocycles. The molecule has 0 aliphatic carbocycles. The Kier molecular flexibility index (Phi) is 4.67. The standard InChI is InChI=1S/C24H29N2/c1-18-7-11-23-21(16-18)6-4-13-25(23)14-5-15-26-20(3)9-10-22-17-19(2)8-12-24(22)26/h5,7-8,11-12,14-17,20H,4,6,9-10,13H2,1-3H3/q+1. The zero-order valence-electron chi connectivity index (χ0n) is 16.2. The minimum atomic E-state index is 0.547. The fourth-order valence-electron chi connectivity index (χ4n) is 4.28. The monoisotopic (exact) mass is 345 g/mol. The molecule has 2 heteroatoms. The summed E-state index contributed by atoms with van der Waals surface area (Å²) in [5, 5.41) is 0. The van der Waals surface area contributed by atoms with Crippen LogP contribution in [-0.4, -0.2) is 23.4 Å². The van der Waals surface area contributed by atoms with Crippen molar-refractivity contribution in [3.8, 4) is 0 Å². The van der Waals surface area contributed by atoms with Crippen LogP contribution in [0.4, 0.5) is 11.4 Å². The van der Waals surface area contributed by atoms with Crippen molar-refractivity contribution in [2.24, 2.45) is 0 Å². The Morgan fingerprint density at radius 2 is 1.77 bits per heavy atom. The molecule has 26 heavy (non-hydrogen) atoms. The van der Waals surface area contributed by atoms with Crippen LogP contribution in [0, 0.1) is 13.8 Å². The van der Waals surface area contributed by atoms with E-state index in [1.165, 1.54) is 59.3 Å². The number of aryl methyl sites for hydroxylation is 4. The lowest BCUT2D eigenvalue weighted by molar-refractivity contribution is -0.440. The predicted molar refractivity (Wildman–Crippen MR) is 111 cm³/mol. The van der Waals surface area contributed by atoms with E-state index in [9.17, 15) is 0 Å². The molecule has 0 radical (unpaired) electrons. The Morgan fingerprint density at radius 1 is 1.00 bits per heavy atom. The van der Waals surface area contributed by atoms with Gasteiger partial charge in [0.1, 0.15) is 6.54 Å². The van der Waals surface area contributed by atoms with Gasteiger partial charge >= 0.3 is 0 Å². The van der Waals surface area contributed by atoms with Gasteiger partial charge in [0, 0.05) is 42.1 Å². The van der Waals surface area contributed by atoms with Gasteiger partial charge in [0.25, 0.3) is 0 Å². The average molecular weight is 346 g/mol. The second kappa shape index (κ2) is 7.11. The molecular formula is C24H29N2+. The average Bonchev–Trinajstić information content (AvgIpc) is 2.63. The van der Waals surface area contributed by atoms with Crippen LogP contribution in [0.25, 0.3) is 0 Å². The molecule has 2 nitrogen and oxygen atoms in total. The van der Waals surface area contributed by atoms with Crippen molar-refractivity contribution in [1.29, 1.82) is 0 Å². The van der Waals surface area contributed by atoms with E-state index in [-0.39, 0.29) is 0 Å². The lowest BCUT2D eigenvalue weighted by atomic mass is 9.95. The van der Waals surface area contributed by atoms with Gasteiger partial charge < -0.3 is 4.90 Å². The maximum Gasteiger partial charge on any atom is 0.208 e. The predicted octanol–water partition coefficient (Wildman–Crippen LogP) is 5.32. The Morgan fingerprint density at radius 3 is 2.62 bits per heavy atom. The first-order valence-electron chi connectivity index (χ1n) is 9.87. The van der Waals surface area contributed by atoms with E-state index in [4.69, 9.17) is 0 Å². The van der Waals surface area contributed by atoms with Crippen molar-refractivity contribution in [1.82, 2.24) is 0 Å². The molecule has 2 aromatic rings. The summed E-state index contributed by atoms with van der Waals surface area (Å²) in [6.07, 6.45) is 11.6. The van der Waals surface area contributed by atoms with Crippen LogP contribution in [0.1, 0.15) is 42.0 Å². The number of rotatable bonds is 2. The van der Waals surface area contributed by atoms with Crippen LogP contribution in [0.3, 0.4) is 0 Å². The van der Waals surface area contributed by atoms with Crippen molar-refractivity contribution in [3.63, 3.8) is 0 Å². The maximum atomic E-state index is 2.44. The van der Waals surface area contributed by atoms with Crippen LogP contribution >= 0.6 is 0 Å². The quantitative estimate of drug-likeness (QED) is 0.668. The molecule has 134 valence electrons. The van der Waals surface area contributed by atoms with E-state index in [1.807, 2.05) is 0 Å². The number of anilines is 1. The molecule has 2 aromatic carbocycles. The molecule has 0 N–H and O–H groups in total. The number of benzene rings is 2. The van der Waals surface area contributed by atoms with Crippen LogP contribution in [-0.2, 0) is 12.8 Å². The molecule has 0 aromatic heterocycles. The van der Waals surface area contributed by atoms with E-state index in [2.05, 4.69) is 85.1 Å². The smallest absolute Gasteiger partial charge is 0.208 e. The summed E-state index contributed by atoms with van der Waals surface area (Å²) >= 11 is 0. The van der Waals surface area contributed by atoms with Gasteiger partial charge in [0.15, 0.2) is 6.21 Å². The first kappa shape index (κ1) is 17.1. The van der Waals surface area contributed by atoms with Crippen LogP contribution in [0.2, 0.25) is 0 Å². The third-order valence-electron chi connectivity index (χ3n) is 5.72. The number of hydrogen-bond acceptors (Lipinski definition) is 1. The fourth-order valence-corrected chi connectivity index (χ4v) is 4.28. The van der Waals surface area contributed by atoms with E-state index in [0.29, 0.717) is 6.04 Å². The Balaban J connectivity index is 1.61. The molecule has 2 aliphatic rings. The summed E-state index contributed by atoms with van der Waals surface area (Å²) in [4.78, 5) is 2.44. The molecule has 0 amide bonds. The third kappa shape index (κ3) is 3.33. The lowest BCUT2D eigenvalue weighted by Crippen LogP contribution is -2.32. The zero-order valence-corrected chi connectivity index (χ0v) is 16.2. The molecular weight excluding hydrogens is 316 g/mol. The van der Waals surface area contributed by atoms with Gasteiger partial charge in [-0.3, -0.25) is 0 Å². The van der Waals surface area contributed by atoms with Gasteiger partial charge in [-0.25, -0.2) is 0 Å². The van der Waals surface area contributed by atoms with Gasteiger partial charge in [-0.2, -0.15) is 4.58 Å². The SMILES string of the molecule is Cc1ccc2c(c1)CCC(C)N2/C=C/C=[N+]1CCCc2cc(C)ccc21. The zero-order chi connectivity index (χ0) is 18.1. The summed E-state index contributed by atoms with van der Waals surface area (Å²) in [5.74, 6) is 0. The maximum absolute atomic E-state index is 2.44. The van der Waals surface area contributed by atoms with Crippen LogP contribution in [0.15, 0.2) is 48.7 Å². The Hall–Kier alpha value is -2.35. The highest BCUT2D eigenvalue weighted by molar-refractivity contribution is 5.70. The molecule has 0 bridgehead atoms. The highest BCUT2D eigenvalue weighted by Gasteiger charge is 2.22. The summed E-state index contributed by atoms with van der Waals surface area (Å²) in [6.45, 7) is 7.79.